The van der Waals surface area contributed by atoms with Gasteiger partial charge in [0, 0.05) is 17.1 Å². The molecule has 0 saturated carbocycles. The van der Waals surface area contributed by atoms with E-state index in [4.69, 9.17) is 16.7 Å². The Labute approximate surface area is 178 Å². The Morgan fingerprint density at radius 2 is 1.97 bits per heavy atom. The number of rotatable bonds is 6. The van der Waals surface area contributed by atoms with E-state index in [1.54, 1.807) is 29.6 Å². The molecule has 0 aliphatic carbocycles. The van der Waals surface area contributed by atoms with Crippen LogP contribution in [0.5, 0.6) is 0 Å². The molecule has 0 spiro atoms. The number of alkyl halides is 3. The molecule has 2 N–H and O–H groups in total. The van der Waals surface area contributed by atoms with E-state index < -0.39 is 35.9 Å². The Hall–Kier alpha value is -3.18. The third kappa shape index (κ3) is 4.94. The number of hydrogen-bond acceptors (Lipinski definition) is 5. The lowest BCUT2D eigenvalue weighted by molar-refractivity contribution is -0.161. The Kier molecular flexibility index (Phi) is 6.46. The van der Waals surface area contributed by atoms with E-state index >= 15 is 0 Å². The second kappa shape index (κ2) is 8.90. The van der Waals surface area contributed by atoms with Gasteiger partial charge in [-0.25, -0.2) is 0 Å². The van der Waals surface area contributed by atoms with E-state index in [-0.39, 0.29) is 11.4 Å². The van der Waals surface area contributed by atoms with Gasteiger partial charge in [0.1, 0.15) is 17.3 Å². The summed E-state index contributed by atoms with van der Waals surface area (Å²) in [6, 6.07) is 4.86. The SMILES string of the molecule is CCn1cc(-n2nc(-c3ccc(Cl)cc3)cc(C(=O)N[C@@H](CO)C(F)(F)F)c2=O)cn1. The standard InChI is InChI=1S/C19H17ClF3N5O3/c1-2-27-9-13(8-24-27)28-18(31)14(17(30)25-16(10-29)19(21,22)23)7-15(26-28)11-3-5-12(20)6-4-11/h3-9,16,29H,2,10H2,1H3,(H,25,30)/t16-/m0/s1. The number of hydrogen-bond donors (Lipinski definition) is 2. The van der Waals surface area contributed by atoms with E-state index in [2.05, 4.69) is 10.2 Å². The molecule has 1 amide bonds. The summed E-state index contributed by atoms with van der Waals surface area (Å²) in [6.45, 7) is 0.951. The maximum atomic E-state index is 13.0. The van der Waals surface area contributed by atoms with Crippen LogP contribution in [0, 0.1) is 0 Å². The number of carbonyl (C=O) groups excluding carboxylic acids is 1. The van der Waals surface area contributed by atoms with Crippen LogP contribution in [-0.4, -0.2) is 49.4 Å². The zero-order chi connectivity index (χ0) is 22.8. The van der Waals surface area contributed by atoms with Crippen LogP contribution in [0.3, 0.4) is 0 Å². The normalized spacial score (nSPS) is 12.6. The van der Waals surface area contributed by atoms with Crippen molar-refractivity contribution in [1.29, 1.82) is 0 Å². The molecule has 2 heterocycles. The first kappa shape index (κ1) is 22.5. The van der Waals surface area contributed by atoms with Crippen molar-refractivity contribution in [3.63, 3.8) is 0 Å². The first-order valence-corrected chi connectivity index (χ1v) is 9.43. The fraction of sp³-hybridized carbons (Fsp3) is 0.263. The van der Waals surface area contributed by atoms with Crippen molar-refractivity contribution in [3.8, 4) is 16.9 Å². The summed E-state index contributed by atoms with van der Waals surface area (Å²) in [5, 5.41) is 19.4. The minimum Gasteiger partial charge on any atom is -0.394 e. The van der Waals surface area contributed by atoms with E-state index in [1.807, 2.05) is 6.92 Å². The molecule has 0 aliphatic rings. The van der Waals surface area contributed by atoms with Gasteiger partial charge in [0.2, 0.25) is 0 Å². The average Bonchev–Trinajstić information content (AvgIpc) is 3.21. The Morgan fingerprint density at radius 1 is 1.29 bits per heavy atom. The summed E-state index contributed by atoms with van der Waals surface area (Å²) in [4.78, 5) is 25.5. The highest BCUT2D eigenvalue weighted by Gasteiger charge is 2.40. The van der Waals surface area contributed by atoms with Gasteiger partial charge in [-0.3, -0.25) is 14.3 Å². The summed E-state index contributed by atoms with van der Waals surface area (Å²) < 4.78 is 41.3. The number of amides is 1. The Balaban J connectivity index is 2.14. The maximum absolute atomic E-state index is 13.0. The monoisotopic (exact) mass is 455 g/mol. The topological polar surface area (TPSA) is 102 Å². The minimum absolute atomic E-state index is 0.151. The van der Waals surface area contributed by atoms with E-state index in [0.717, 1.165) is 10.7 Å². The lowest BCUT2D eigenvalue weighted by atomic mass is 10.1. The van der Waals surface area contributed by atoms with Crippen LogP contribution in [-0.2, 0) is 6.54 Å². The largest absolute Gasteiger partial charge is 0.410 e. The molecule has 0 saturated heterocycles. The number of aliphatic hydroxyl groups excluding tert-OH is 1. The fourth-order valence-electron chi connectivity index (χ4n) is 2.70. The summed E-state index contributed by atoms with van der Waals surface area (Å²) in [7, 11) is 0. The number of halogens is 4. The van der Waals surface area contributed by atoms with Crippen LogP contribution in [0.25, 0.3) is 16.9 Å². The fourth-order valence-corrected chi connectivity index (χ4v) is 2.82. The molecule has 1 atom stereocenters. The molecular weight excluding hydrogens is 439 g/mol. The smallest absolute Gasteiger partial charge is 0.394 e. The first-order valence-electron chi connectivity index (χ1n) is 9.05. The number of nitrogens with zero attached hydrogens (tertiary/aromatic N) is 4. The van der Waals surface area contributed by atoms with Crippen molar-refractivity contribution in [2.45, 2.75) is 25.7 Å². The second-order valence-corrected chi connectivity index (χ2v) is 6.91. The Bertz CT molecular complexity index is 1140. The lowest BCUT2D eigenvalue weighted by Gasteiger charge is -2.19. The van der Waals surface area contributed by atoms with Crippen molar-refractivity contribution in [1.82, 2.24) is 24.9 Å². The highest BCUT2D eigenvalue weighted by atomic mass is 35.5. The maximum Gasteiger partial charge on any atom is 0.410 e. The van der Waals surface area contributed by atoms with E-state index in [0.29, 0.717) is 17.1 Å². The third-order valence-corrected chi connectivity index (χ3v) is 4.62. The van der Waals surface area contributed by atoms with Crippen LogP contribution in [0.1, 0.15) is 17.3 Å². The molecule has 31 heavy (non-hydrogen) atoms. The molecule has 2 aromatic heterocycles. The Morgan fingerprint density at radius 3 is 2.52 bits per heavy atom. The van der Waals surface area contributed by atoms with Gasteiger partial charge in [-0.1, -0.05) is 23.7 Å². The summed E-state index contributed by atoms with van der Waals surface area (Å²) in [5.74, 6) is -1.30. The van der Waals surface area contributed by atoms with Gasteiger partial charge in [-0.2, -0.15) is 28.1 Å². The van der Waals surface area contributed by atoms with E-state index in [9.17, 15) is 22.8 Å². The van der Waals surface area contributed by atoms with Gasteiger partial charge in [0.05, 0.1) is 24.7 Å². The van der Waals surface area contributed by atoms with Crippen molar-refractivity contribution < 1.29 is 23.1 Å². The summed E-state index contributed by atoms with van der Waals surface area (Å²) in [5.41, 5.74) is -0.661. The molecule has 1 aromatic carbocycles. The average molecular weight is 456 g/mol. The van der Waals surface area contributed by atoms with Gasteiger partial charge in [0.15, 0.2) is 0 Å². The number of carbonyl (C=O) groups is 1. The minimum atomic E-state index is -4.89. The van der Waals surface area contributed by atoms with Crippen molar-refractivity contribution >= 4 is 17.5 Å². The van der Waals surface area contributed by atoms with Gasteiger partial charge < -0.3 is 10.4 Å². The quantitative estimate of drug-likeness (QED) is 0.594. The molecule has 3 aromatic rings. The number of benzene rings is 1. The van der Waals surface area contributed by atoms with Crippen molar-refractivity contribution in [2.75, 3.05) is 6.61 Å². The predicted octanol–water partition coefficient (Wildman–Crippen LogP) is 2.42. The summed E-state index contributed by atoms with van der Waals surface area (Å²) >= 11 is 5.89. The number of nitrogens with one attached hydrogen (secondary N) is 1. The molecule has 12 heteroatoms. The van der Waals surface area contributed by atoms with Gasteiger partial charge in [-0.15, -0.1) is 0 Å². The molecule has 0 aliphatic heterocycles. The molecular formula is C19H17ClF3N5O3. The van der Waals surface area contributed by atoms with Crippen LogP contribution < -0.4 is 10.9 Å². The van der Waals surface area contributed by atoms with Crippen molar-refractivity contribution in [2.24, 2.45) is 0 Å². The van der Waals surface area contributed by atoms with Crippen LogP contribution >= 0.6 is 11.6 Å². The number of aromatic nitrogens is 4. The van der Waals surface area contributed by atoms with E-state index in [1.165, 1.54) is 17.1 Å². The predicted molar refractivity (Wildman–Crippen MR) is 106 cm³/mol. The second-order valence-electron chi connectivity index (χ2n) is 6.47. The van der Waals surface area contributed by atoms with Crippen LogP contribution in [0.2, 0.25) is 5.02 Å². The first-order chi connectivity index (χ1) is 14.6. The highest BCUT2D eigenvalue weighted by Crippen LogP contribution is 2.22. The van der Waals surface area contributed by atoms with Crippen LogP contribution in [0.4, 0.5) is 13.2 Å². The molecule has 0 fully saturated rings. The van der Waals surface area contributed by atoms with Crippen LogP contribution in [0.15, 0.2) is 47.5 Å². The molecule has 0 radical (unpaired) electrons. The number of aliphatic hydroxyl groups is 1. The van der Waals surface area contributed by atoms with Crippen molar-refractivity contribution in [3.05, 3.63) is 63.7 Å². The van der Waals surface area contributed by atoms with Gasteiger partial charge in [-0.05, 0) is 25.1 Å². The third-order valence-electron chi connectivity index (χ3n) is 4.37. The molecule has 0 unspecified atom stereocenters. The molecule has 164 valence electrons. The van der Waals surface area contributed by atoms with Gasteiger partial charge >= 0.3 is 6.18 Å². The molecule has 0 bridgehead atoms. The van der Waals surface area contributed by atoms with Gasteiger partial charge in [0.25, 0.3) is 11.5 Å². The lowest BCUT2D eigenvalue weighted by Crippen LogP contribution is -2.49. The number of aryl methyl sites for hydroxylation is 1. The highest BCUT2D eigenvalue weighted by molar-refractivity contribution is 6.30. The zero-order valence-corrected chi connectivity index (χ0v) is 16.9. The summed E-state index contributed by atoms with van der Waals surface area (Å²) in [6.07, 6.45) is -2.04. The molecule has 3 rings (SSSR count). The zero-order valence-electron chi connectivity index (χ0n) is 16.1. The molecule has 8 nitrogen and oxygen atoms in total.